The van der Waals surface area contributed by atoms with E-state index in [4.69, 9.17) is 0 Å². The summed E-state index contributed by atoms with van der Waals surface area (Å²) in [7, 11) is 0. The molecule has 0 unspecified atom stereocenters. The Bertz CT molecular complexity index is 321. The molecule has 1 rings (SSSR count). The van der Waals surface area contributed by atoms with E-state index in [2.05, 4.69) is 46.8 Å². The fourth-order valence-electron chi connectivity index (χ4n) is 2.38. The second kappa shape index (κ2) is 5.34. The summed E-state index contributed by atoms with van der Waals surface area (Å²) >= 11 is 0. The molecule has 0 N–H and O–H groups in total. The van der Waals surface area contributed by atoms with E-state index < -0.39 is 0 Å². The highest BCUT2D eigenvalue weighted by Crippen LogP contribution is 2.26. The third-order valence-corrected chi connectivity index (χ3v) is 3.18. The highest BCUT2D eigenvalue weighted by atomic mass is 14.2. The molecule has 0 heterocycles. The standard InChI is InChI=1S/C15H24/c1-6-8-15-12(5)9-10-14(11(3)4)13(15)7-2/h9-11H,6-8H2,1-5H3. The Morgan fingerprint density at radius 3 is 2.20 bits per heavy atom. The van der Waals surface area contributed by atoms with Crippen LogP contribution in [0.15, 0.2) is 12.1 Å². The molecule has 0 aliphatic carbocycles. The van der Waals surface area contributed by atoms with Gasteiger partial charge < -0.3 is 0 Å². The Morgan fingerprint density at radius 1 is 1.07 bits per heavy atom. The molecule has 1 aromatic carbocycles. The van der Waals surface area contributed by atoms with Gasteiger partial charge in [-0.05, 0) is 47.9 Å². The van der Waals surface area contributed by atoms with Crippen molar-refractivity contribution in [1.82, 2.24) is 0 Å². The summed E-state index contributed by atoms with van der Waals surface area (Å²) < 4.78 is 0. The summed E-state index contributed by atoms with van der Waals surface area (Å²) in [5.41, 5.74) is 6.22. The molecule has 0 aromatic heterocycles. The molecule has 0 radical (unpaired) electrons. The zero-order valence-corrected chi connectivity index (χ0v) is 10.9. The fraction of sp³-hybridized carbons (Fsp3) is 0.600. The van der Waals surface area contributed by atoms with Gasteiger partial charge in [0.2, 0.25) is 0 Å². The minimum Gasteiger partial charge on any atom is -0.0651 e. The smallest absolute Gasteiger partial charge is 0.0216 e. The average Bonchev–Trinajstić information content (AvgIpc) is 2.20. The van der Waals surface area contributed by atoms with Crippen LogP contribution in [0, 0.1) is 6.92 Å². The Kier molecular flexibility index (Phi) is 4.38. The van der Waals surface area contributed by atoms with E-state index >= 15 is 0 Å². The van der Waals surface area contributed by atoms with Crippen LogP contribution in [-0.2, 0) is 12.8 Å². The summed E-state index contributed by atoms with van der Waals surface area (Å²) in [5.74, 6) is 0.649. The lowest BCUT2D eigenvalue weighted by Gasteiger charge is -2.18. The number of rotatable bonds is 4. The van der Waals surface area contributed by atoms with E-state index in [0.717, 1.165) is 0 Å². The Labute approximate surface area is 94.7 Å². The number of benzene rings is 1. The zero-order valence-electron chi connectivity index (χ0n) is 10.9. The van der Waals surface area contributed by atoms with Crippen molar-refractivity contribution in [3.8, 4) is 0 Å². The van der Waals surface area contributed by atoms with Gasteiger partial charge in [0.25, 0.3) is 0 Å². The lowest BCUT2D eigenvalue weighted by molar-refractivity contribution is 0.818. The molecule has 0 aliphatic rings. The van der Waals surface area contributed by atoms with Crippen LogP contribution in [0.3, 0.4) is 0 Å². The lowest BCUT2D eigenvalue weighted by atomic mass is 9.87. The molecule has 0 aliphatic heterocycles. The van der Waals surface area contributed by atoms with Gasteiger partial charge in [-0.1, -0.05) is 46.2 Å². The maximum atomic E-state index is 2.32. The molecular formula is C15H24. The highest BCUT2D eigenvalue weighted by Gasteiger charge is 2.11. The molecular weight excluding hydrogens is 180 g/mol. The van der Waals surface area contributed by atoms with Gasteiger partial charge in [-0.15, -0.1) is 0 Å². The molecule has 0 amide bonds. The molecule has 1 aromatic rings. The van der Waals surface area contributed by atoms with Crippen LogP contribution < -0.4 is 0 Å². The van der Waals surface area contributed by atoms with Gasteiger partial charge in [0.05, 0.1) is 0 Å². The monoisotopic (exact) mass is 204 g/mol. The predicted octanol–water partition coefficient (Wildman–Crippen LogP) is 4.63. The van der Waals surface area contributed by atoms with Gasteiger partial charge in [0, 0.05) is 0 Å². The first-order valence-corrected chi connectivity index (χ1v) is 6.23. The van der Waals surface area contributed by atoms with Gasteiger partial charge in [0.1, 0.15) is 0 Å². The Balaban J connectivity index is 3.26. The molecule has 15 heavy (non-hydrogen) atoms. The summed E-state index contributed by atoms with van der Waals surface area (Å²) in [5, 5.41) is 0. The largest absolute Gasteiger partial charge is 0.0651 e. The summed E-state index contributed by atoms with van der Waals surface area (Å²) in [4.78, 5) is 0. The fourth-order valence-corrected chi connectivity index (χ4v) is 2.38. The molecule has 0 saturated heterocycles. The van der Waals surface area contributed by atoms with Crippen molar-refractivity contribution in [3.05, 3.63) is 34.4 Å². The van der Waals surface area contributed by atoms with Crippen LogP contribution in [0.25, 0.3) is 0 Å². The quantitative estimate of drug-likeness (QED) is 0.670. The SMILES string of the molecule is CCCc1c(C)ccc(C(C)C)c1CC. The van der Waals surface area contributed by atoms with Crippen molar-refractivity contribution in [2.24, 2.45) is 0 Å². The summed E-state index contributed by atoms with van der Waals surface area (Å²) in [6.45, 7) is 11.4. The molecule has 84 valence electrons. The van der Waals surface area contributed by atoms with E-state index in [9.17, 15) is 0 Å². The lowest BCUT2D eigenvalue weighted by Crippen LogP contribution is -2.03. The van der Waals surface area contributed by atoms with Gasteiger partial charge in [-0.25, -0.2) is 0 Å². The zero-order chi connectivity index (χ0) is 11.4. The van der Waals surface area contributed by atoms with Gasteiger partial charge in [-0.2, -0.15) is 0 Å². The van der Waals surface area contributed by atoms with Crippen molar-refractivity contribution >= 4 is 0 Å². The van der Waals surface area contributed by atoms with E-state index in [0.29, 0.717) is 5.92 Å². The third kappa shape index (κ3) is 2.62. The Hall–Kier alpha value is -0.780. The maximum Gasteiger partial charge on any atom is -0.0216 e. The normalized spacial score (nSPS) is 11.1. The first-order valence-electron chi connectivity index (χ1n) is 6.23. The van der Waals surface area contributed by atoms with Crippen LogP contribution in [0.5, 0.6) is 0 Å². The molecule has 0 fully saturated rings. The van der Waals surface area contributed by atoms with Crippen molar-refractivity contribution < 1.29 is 0 Å². The first kappa shape index (κ1) is 12.3. The minimum absolute atomic E-state index is 0.649. The van der Waals surface area contributed by atoms with Crippen LogP contribution in [-0.4, -0.2) is 0 Å². The average molecular weight is 204 g/mol. The second-order valence-electron chi connectivity index (χ2n) is 4.69. The van der Waals surface area contributed by atoms with E-state index in [1.807, 2.05) is 0 Å². The highest BCUT2D eigenvalue weighted by molar-refractivity contribution is 5.42. The molecule has 0 saturated carbocycles. The molecule has 0 bridgehead atoms. The van der Waals surface area contributed by atoms with E-state index in [1.165, 1.54) is 24.8 Å². The van der Waals surface area contributed by atoms with Crippen molar-refractivity contribution in [3.63, 3.8) is 0 Å². The van der Waals surface area contributed by atoms with Crippen molar-refractivity contribution in [2.45, 2.75) is 59.8 Å². The van der Waals surface area contributed by atoms with Crippen molar-refractivity contribution in [2.75, 3.05) is 0 Å². The van der Waals surface area contributed by atoms with Gasteiger partial charge in [0.15, 0.2) is 0 Å². The topological polar surface area (TPSA) is 0 Å². The van der Waals surface area contributed by atoms with Gasteiger partial charge >= 0.3 is 0 Å². The summed E-state index contributed by atoms with van der Waals surface area (Å²) in [6.07, 6.45) is 3.65. The summed E-state index contributed by atoms with van der Waals surface area (Å²) in [6, 6.07) is 4.61. The number of aryl methyl sites for hydroxylation is 1. The van der Waals surface area contributed by atoms with Gasteiger partial charge in [-0.3, -0.25) is 0 Å². The predicted molar refractivity (Wildman–Crippen MR) is 68.6 cm³/mol. The maximum absolute atomic E-state index is 2.32. The molecule has 0 spiro atoms. The van der Waals surface area contributed by atoms with E-state index in [-0.39, 0.29) is 0 Å². The third-order valence-electron chi connectivity index (χ3n) is 3.18. The van der Waals surface area contributed by atoms with Crippen molar-refractivity contribution in [1.29, 1.82) is 0 Å². The van der Waals surface area contributed by atoms with Crippen LogP contribution in [0.2, 0.25) is 0 Å². The van der Waals surface area contributed by atoms with Crippen LogP contribution in [0.1, 0.15) is 62.3 Å². The van der Waals surface area contributed by atoms with Crippen LogP contribution in [0.4, 0.5) is 0 Å². The number of hydrogen-bond donors (Lipinski definition) is 0. The minimum atomic E-state index is 0.649. The molecule has 0 heteroatoms. The first-order chi connectivity index (χ1) is 7.11. The number of hydrogen-bond acceptors (Lipinski definition) is 0. The Morgan fingerprint density at radius 2 is 1.73 bits per heavy atom. The second-order valence-corrected chi connectivity index (χ2v) is 4.69. The van der Waals surface area contributed by atoms with Crippen LogP contribution >= 0.6 is 0 Å². The molecule has 0 atom stereocenters. The van der Waals surface area contributed by atoms with E-state index in [1.54, 1.807) is 16.7 Å². The molecule has 0 nitrogen and oxygen atoms in total.